The summed E-state index contributed by atoms with van der Waals surface area (Å²) in [5.41, 5.74) is 0.501. The summed E-state index contributed by atoms with van der Waals surface area (Å²) in [5.74, 6) is -1.38. The van der Waals surface area contributed by atoms with Gasteiger partial charge in [-0.1, -0.05) is 13.8 Å². The van der Waals surface area contributed by atoms with Crippen molar-refractivity contribution in [3.63, 3.8) is 0 Å². The number of benzene rings is 1. The van der Waals surface area contributed by atoms with Crippen LogP contribution in [0.4, 0.5) is 8.78 Å². The van der Waals surface area contributed by atoms with Gasteiger partial charge in [-0.15, -0.1) is 0 Å². The highest BCUT2D eigenvalue weighted by Crippen LogP contribution is 2.24. The highest BCUT2D eigenvalue weighted by molar-refractivity contribution is 5.79. The average Bonchev–Trinajstić information content (AvgIpc) is 2.11. The highest BCUT2D eigenvalue weighted by Gasteiger charge is 2.21. The third-order valence-corrected chi connectivity index (χ3v) is 3.28. The standard InChI is InChI=1S/C14H17F2NO/c1-9(2)14-11(15)6-10(7-12(14)16)8-13(18)17-4-3-5-17/h6-7,9H,3-5,8H2,1-2H3. The number of carbonyl (C=O) groups is 1. The van der Waals surface area contributed by atoms with Crippen LogP contribution in [0.1, 0.15) is 37.3 Å². The molecule has 1 heterocycles. The minimum Gasteiger partial charge on any atom is -0.342 e. The Morgan fingerprint density at radius 2 is 1.83 bits per heavy atom. The topological polar surface area (TPSA) is 20.3 Å². The predicted molar refractivity (Wildman–Crippen MR) is 65.3 cm³/mol. The number of carbonyl (C=O) groups excluding carboxylic acids is 1. The zero-order valence-electron chi connectivity index (χ0n) is 10.7. The molecule has 1 aliphatic heterocycles. The molecule has 4 heteroatoms. The summed E-state index contributed by atoms with van der Waals surface area (Å²) in [7, 11) is 0. The van der Waals surface area contributed by atoms with Crippen LogP contribution in [0.3, 0.4) is 0 Å². The van der Waals surface area contributed by atoms with Gasteiger partial charge in [0.15, 0.2) is 0 Å². The molecule has 1 saturated heterocycles. The van der Waals surface area contributed by atoms with Gasteiger partial charge in [0.25, 0.3) is 0 Å². The van der Waals surface area contributed by atoms with Gasteiger partial charge in [-0.05, 0) is 30.0 Å². The molecule has 0 atom stereocenters. The molecule has 0 aliphatic carbocycles. The summed E-state index contributed by atoms with van der Waals surface area (Å²) < 4.78 is 27.5. The van der Waals surface area contributed by atoms with Crippen LogP contribution < -0.4 is 0 Å². The van der Waals surface area contributed by atoms with Crippen LogP contribution in [-0.4, -0.2) is 23.9 Å². The van der Waals surface area contributed by atoms with Crippen molar-refractivity contribution in [1.29, 1.82) is 0 Å². The van der Waals surface area contributed by atoms with E-state index in [-0.39, 0.29) is 23.8 Å². The van der Waals surface area contributed by atoms with Gasteiger partial charge in [0, 0.05) is 18.7 Å². The van der Waals surface area contributed by atoms with Gasteiger partial charge in [-0.25, -0.2) is 8.78 Å². The first-order valence-corrected chi connectivity index (χ1v) is 6.24. The maximum absolute atomic E-state index is 13.7. The van der Waals surface area contributed by atoms with Crippen molar-refractivity contribution in [2.75, 3.05) is 13.1 Å². The second-order valence-corrected chi connectivity index (χ2v) is 5.04. The molecule has 1 aromatic carbocycles. The first-order chi connectivity index (χ1) is 8.49. The first-order valence-electron chi connectivity index (χ1n) is 6.24. The van der Waals surface area contributed by atoms with Gasteiger partial charge in [-0.2, -0.15) is 0 Å². The van der Waals surface area contributed by atoms with Crippen LogP contribution in [0, 0.1) is 11.6 Å². The normalized spacial score (nSPS) is 14.8. The Morgan fingerprint density at radius 1 is 1.28 bits per heavy atom. The molecule has 1 amide bonds. The Hall–Kier alpha value is -1.45. The smallest absolute Gasteiger partial charge is 0.226 e. The summed E-state index contributed by atoms with van der Waals surface area (Å²) in [4.78, 5) is 13.4. The van der Waals surface area contributed by atoms with E-state index >= 15 is 0 Å². The fourth-order valence-electron chi connectivity index (χ4n) is 2.14. The van der Waals surface area contributed by atoms with Gasteiger partial charge >= 0.3 is 0 Å². The van der Waals surface area contributed by atoms with Crippen molar-refractivity contribution < 1.29 is 13.6 Å². The quantitative estimate of drug-likeness (QED) is 0.811. The van der Waals surface area contributed by atoms with Crippen LogP contribution in [0.15, 0.2) is 12.1 Å². The fourth-order valence-corrected chi connectivity index (χ4v) is 2.14. The molecule has 2 nitrogen and oxygen atoms in total. The number of halogens is 2. The molecule has 0 bridgehead atoms. The Morgan fingerprint density at radius 3 is 2.22 bits per heavy atom. The molecule has 18 heavy (non-hydrogen) atoms. The number of hydrogen-bond acceptors (Lipinski definition) is 1. The molecule has 0 N–H and O–H groups in total. The summed E-state index contributed by atoms with van der Waals surface area (Å²) in [5, 5.41) is 0. The lowest BCUT2D eigenvalue weighted by Gasteiger charge is -2.31. The maximum Gasteiger partial charge on any atom is 0.226 e. The van der Waals surface area contributed by atoms with Gasteiger partial charge < -0.3 is 4.90 Å². The predicted octanol–water partition coefficient (Wildman–Crippen LogP) is 2.86. The van der Waals surface area contributed by atoms with Gasteiger partial charge in [-0.3, -0.25) is 4.79 Å². The lowest BCUT2D eigenvalue weighted by Crippen LogP contribution is -2.42. The van der Waals surface area contributed by atoms with E-state index in [2.05, 4.69) is 0 Å². The lowest BCUT2D eigenvalue weighted by atomic mass is 9.98. The molecule has 0 aromatic heterocycles. The van der Waals surface area contributed by atoms with E-state index in [4.69, 9.17) is 0 Å². The van der Waals surface area contributed by atoms with E-state index in [1.807, 2.05) is 0 Å². The molecule has 1 fully saturated rings. The monoisotopic (exact) mass is 253 g/mol. The van der Waals surface area contributed by atoms with Gasteiger partial charge in [0.1, 0.15) is 11.6 Å². The molecule has 0 unspecified atom stereocenters. The molecule has 1 aromatic rings. The number of nitrogens with zero attached hydrogens (tertiary/aromatic N) is 1. The zero-order valence-corrected chi connectivity index (χ0v) is 10.7. The van der Waals surface area contributed by atoms with Crippen LogP contribution >= 0.6 is 0 Å². The average molecular weight is 253 g/mol. The second kappa shape index (κ2) is 5.04. The third kappa shape index (κ3) is 2.52. The molecule has 0 spiro atoms. The number of amides is 1. The Kier molecular flexibility index (Phi) is 3.64. The van der Waals surface area contributed by atoms with Crippen LogP contribution in [0.2, 0.25) is 0 Å². The van der Waals surface area contributed by atoms with Gasteiger partial charge in [0.2, 0.25) is 5.91 Å². The van der Waals surface area contributed by atoms with Crippen LogP contribution in [-0.2, 0) is 11.2 Å². The highest BCUT2D eigenvalue weighted by atomic mass is 19.1. The lowest BCUT2D eigenvalue weighted by molar-refractivity contribution is -0.133. The summed E-state index contributed by atoms with van der Waals surface area (Å²) in [6, 6.07) is 2.55. The Bertz CT molecular complexity index is 444. The largest absolute Gasteiger partial charge is 0.342 e. The summed E-state index contributed by atoms with van der Waals surface area (Å²) in [6.45, 7) is 5.00. The maximum atomic E-state index is 13.7. The summed E-state index contributed by atoms with van der Waals surface area (Å²) in [6.07, 6.45) is 1.09. The van der Waals surface area contributed by atoms with E-state index < -0.39 is 11.6 Å². The van der Waals surface area contributed by atoms with E-state index in [0.29, 0.717) is 5.56 Å². The van der Waals surface area contributed by atoms with E-state index in [1.54, 1.807) is 18.7 Å². The van der Waals surface area contributed by atoms with Crippen molar-refractivity contribution in [3.8, 4) is 0 Å². The van der Waals surface area contributed by atoms with Gasteiger partial charge in [0.05, 0.1) is 6.42 Å². The Balaban J connectivity index is 2.17. The zero-order chi connectivity index (χ0) is 13.3. The van der Waals surface area contributed by atoms with Crippen LogP contribution in [0.5, 0.6) is 0 Å². The van der Waals surface area contributed by atoms with Crippen LogP contribution in [0.25, 0.3) is 0 Å². The molecule has 98 valence electrons. The molecule has 2 rings (SSSR count). The molecular formula is C14H17F2NO. The van der Waals surface area contributed by atoms with Crippen molar-refractivity contribution in [1.82, 2.24) is 4.90 Å². The van der Waals surface area contributed by atoms with E-state index in [0.717, 1.165) is 19.5 Å². The number of likely N-dealkylation sites (tertiary alicyclic amines) is 1. The minimum atomic E-state index is -0.559. The summed E-state index contributed by atoms with van der Waals surface area (Å²) >= 11 is 0. The molecule has 0 saturated carbocycles. The molecule has 1 aliphatic rings. The third-order valence-electron chi connectivity index (χ3n) is 3.28. The van der Waals surface area contributed by atoms with E-state index in [1.165, 1.54) is 12.1 Å². The SMILES string of the molecule is CC(C)c1c(F)cc(CC(=O)N2CCC2)cc1F. The molecular weight excluding hydrogens is 236 g/mol. The second-order valence-electron chi connectivity index (χ2n) is 5.04. The number of hydrogen-bond donors (Lipinski definition) is 0. The Labute approximate surface area is 106 Å². The minimum absolute atomic E-state index is 0.0580. The number of rotatable bonds is 3. The van der Waals surface area contributed by atoms with Crippen molar-refractivity contribution in [3.05, 3.63) is 34.9 Å². The van der Waals surface area contributed by atoms with Crippen molar-refractivity contribution in [2.45, 2.75) is 32.6 Å². The van der Waals surface area contributed by atoms with Crippen molar-refractivity contribution in [2.24, 2.45) is 0 Å². The molecule has 0 radical (unpaired) electrons. The van der Waals surface area contributed by atoms with E-state index in [9.17, 15) is 13.6 Å². The first kappa shape index (κ1) is 13.0. The van der Waals surface area contributed by atoms with Crippen molar-refractivity contribution >= 4 is 5.91 Å². The fraction of sp³-hybridized carbons (Fsp3) is 0.500.